The molecule has 1 aliphatic rings. The third-order valence-electron chi connectivity index (χ3n) is 7.51. The quantitative estimate of drug-likeness (QED) is 0.307. The molecule has 0 amide bonds. The van der Waals surface area contributed by atoms with Gasteiger partial charge in [-0.05, 0) is 56.9 Å². The molecule has 2 nitrogen and oxygen atoms in total. The Kier molecular flexibility index (Phi) is 5.60. The Morgan fingerprint density at radius 2 is 0.972 bits per heavy atom. The molecule has 0 saturated carbocycles. The average Bonchev–Trinajstić information content (AvgIpc) is 3.05. The van der Waals surface area contributed by atoms with Crippen molar-refractivity contribution in [2.75, 3.05) is 7.11 Å². The summed E-state index contributed by atoms with van der Waals surface area (Å²) in [7, 11) is 0.564. The first-order chi connectivity index (χ1) is 17.6. The number of hydrogen-bond donors (Lipinski definition) is 1. The van der Waals surface area contributed by atoms with E-state index in [-0.39, 0.29) is 0 Å². The molecule has 0 aliphatic heterocycles. The number of aryl methyl sites for hydroxylation is 1. The van der Waals surface area contributed by atoms with E-state index in [1.165, 1.54) is 51.6 Å². The Labute approximate surface area is 213 Å². The van der Waals surface area contributed by atoms with Gasteiger partial charge in [0, 0.05) is 7.11 Å². The summed E-state index contributed by atoms with van der Waals surface area (Å²) in [6.07, 6.45) is 0. The molecule has 0 radical (unpaired) electrons. The van der Waals surface area contributed by atoms with Gasteiger partial charge in [-0.15, -0.1) is 0 Å². The summed E-state index contributed by atoms with van der Waals surface area (Å²) in [5, 5.41) is 10.3. The molecule has 0 bridgehead atoms. The molecule has 0 heterocycles. The van der Waals surface area contributed by atoms with Gasteiger partial charge in [0.15, 0.2) is 0 Å². The van der Waals surface area contributed by atoms with Gasteiger partial charge >= 0.3 is 7.12 Å². The van der Waals surface area contributed by atoms with E-state index in [1.807, 2.05) is 12.1 Å². The first-order valence-electron chi connectivity index (χ1n) is 12.3. The Morgan fingerprint density at radius 3 is 1.44 bits per heavy atom. The summed E-state index contributed by atoms with van der Waals surface area (Å²) in [6.45, 7) is 2.13. The fourth-order valence-corrected chi connectivity index (χ4v) is 5.81. The second-order valence-electron chi connectivity index (χ2n) is 9.46. The van der Waals surface area contributed by atoms with Crippen molar-refractivity contribution in [3.63, 3.8) is 0 Å². The Morgan fingerprint density at radius 1 is 0.556 bits per heavy atom. The molecular weight excluding hydrogens is 439 g/mol. The van der Waals surface area contributed by atoms with Crippen molar-refractivity contribution in [3.8, 4) is 22.3 Å². The van der Waals surface area contributed by atoms with Crippen molar-refractivity contribution in [2.24, 2.45) is 0 Å². The van der Waals surface area contributed by atoms with Gasteiger partial charge in [-0.2, -0.15) is 0 Å². The molecule has 0 spiro atoms. The first kappa shape index (κ1) is 22.5. The standard InChI is InChI=1S/C33H27BO2/c1-23-15-17-24(18-16-23)33(25-19-21-26(22-20-25)34(35)36-2)31-13-7-5-11-29(31)27-9-3-4-10-28(27)30-12-6-8-14-32(30)33/h3-22,35H,1-2H3. The lowest BCUT2D eigenvalue weighted by Crippen LogP contribution is -2.35. The van der Waals surface area contributed by atoms with Crippen LogP contribution in [0.5, 0.6) is 0 Å². The van der Waals surface area contributed by atoms with E-state index < -0.39 is 12.5 Å². The second-order valence-corrected chi connectivity index (χ2v) is 9.46. The molecule has 5 aromatic rings. The monoisotopic (exact) mass is 466 g/mol. The van der Waals surface area contributed by atoms with Crippen LogP contribution in [0.25, 0.3) is 22.3 Å². The van der Waals surface area contributed by atoms with Crippen LogP contribution in [0.1, 0.15) is 27.8 Å². The normalized spacial score (nSPS) is 13.2. The van der Waals surface area contributed by atoms with Gasteiger partial charge in [0.25, 0.3) is 0 Å². The fourth-order valence-electron chi connectivity index (χ4n) is 5.81. The van der Waals surface area contributed by atoms with Gasteiger partial charge in [0.1, 0.15) is 0 Å². The molecule has 0 saturated heterocycles. The zero-order chi connectivity index (χ0) is 24.7. The van der Waals surface area contributed by atoms with E-state index in [0.717, 1.165) is 11.0 Å². The van der Waals surface area contributed by atoms with Crippen LogP contribution in [0.15, 0.2) is 121 Å². The highest BCUT2D eigenvalue weighted by atomic mass is 16.5. The minimum Gasteiger partial charge on any atom is -0.423 e. The SMILES string of the molecule is COB(O)c1ccc(C2(c3ccc(C)cc3)c3ccccc3-c3ccccc3-c3ccccc32)cc1. The van der Waals surface area contributed by atoms with E-state index in [9.17, 15) is 5.02 Å². The third-order valence-corrected chi connectivity index (χ3v) is 7.51. The lowest BCUT2D eigenvalue weighted by molar-refractivity contribution is 0.341. The zero-order valence-electron chi connectivity index (χ0n) is 20.5. The highest BCUT2D eigenvalue weighted by molar-refractivity contribution is 6.59. The predicted molar refractivity (Wildman–Crippen MR) is 149 cm³/mol. The number of rotatable bonds is 4. The summed E-state index contributed by atoms with van der Waals surface area (Å²) in [5.41, 5.74) is 11.2. The molecule has 1 aliphatic carbocycles. The van der Waals surface area contributed by atoms with E-state index in [1.54, 1.807) is 0 Å². The number of fused-ring (bicyclic) bond motifs is 5. The van der Waals surface area contributed by atoms with Crippen LogP contribution in [-0.4, -0.2) is 19.3 Å². The van der Waals surface area contributed by atoms with Gasteiger partial charge in [-0.3, -0.25) is 0 Å². The molecule has 0 fully saturated rings. The van der Waals surface area contributed by atoms with Crippen LogP contribution in [-0.2, 0) is 10.1 Å². The van der Waals surface area contributed by atoms with E-state index in [2.05, 4.69) is 116 Å². The number of hydrogen-bond acceptors (Lipinski definition) is 2. The van der Waals surface area contributed by atoms with Crippen molar-refractivity contribution in [3.05, 3.63) is 149 Å². The Hall–Kier alpha value is -3.92. The molecule has 174 valence electrons. The molecule has 1 N–H and O–H groups in total. The summed E-state index contributed by atoms with van der Waals surface area (Å²) >= 11 is 0. The van der Waals surface area contributed by atoms with E-state index in [4.69, 9.17) is 4.65 Å². The minimum absolute atomic E-state index is 0.559. The molecule has 36 heavy (non-hydrogen) atoms. The smallest absolute Gasteiger partial charge is 0.423 e. The summed E-state index contributed by atoms with van der Waals surface area (Å²) < 4.78 is 5.17. The predicted octanol–water partition coefficient (Wildman–Crippen LogP) is 6.36. The fraction of sp³-hybridized carbons (Fsp3) is 0.0909. The summed E-state index contributed by atoms with van der Waals surface area (Å²) in [5.74, 6) is 0. The maximum atomic E-state index is 10.3. The summed E-state index contributed by atoms with van der Waals surface area (Å²) in [4.78, 5) is 0. The molecule has 3 heteroatoms. The van der Waals surface area contributed by atoms with Crippen molar-refractivity contribution in [1.29, 1.82) is 0 Å². The van der Waals surface area contributed by atoms with Crippen LogP contribution >= 0.6 is 0 Å². The third kappa shape index (κ3) is 3.36. The maximum absolute atomic E-state index is 10.3. The Bertz CT molecular complexity index is 1470. The zero-order valence-corrected chi connectivity index (χ0v) is 20.5. The van der Waals surface area contributed by atoms with Crippen molar-refractivity contribution < 1.29 is 9.68 Å². The molecular formula is C33H27BO2. The van der Waals surface area contributed by atoms with E-state index in [0.29, 0.717) is 0 Å². The molecule has 0 aromatic heterocycles. The van der Waals surface area contributed by atoms with Crippen molar-refractivity contribution >= 4 is 12.6 Å². The van der Waals surface area contributed by atoms with Gasteiger partial charge < -0.3 is 9.68 Å². The van der Waals surface area contributed by atoms with Crippen LogP contribution in [0, 0.1) is 6.92 Å². The minimum atomic E-state index is -0.952. The molecule has 5 aromatic carbocycles. The van der Waals surface area contributed by atoms with Gasteiger partial charge in [0.2, 0.25) is 0 Å². The highest BCUT2D eigenvalue weighted by Crippen LogP contribution is 2.54. The molecule has 0 atom stereocenters. The topological polar surface area (TPSA) is 29.5 Å². The van der Waals surface area contributed by atoms with Crippen molar-refractivity contribution in [2.45, 2.75) is 12.3 Å². The lowest BCUT2D eigenvalue weighted by Gasteiger charge is -2.38. The summed E-state index contributed by atoms with van der Waals surface area (Å²) in [6, 6.07) is 43.4. The van der Waals surface area contributed by atoms with Crippen LogP contribution in [0.2, 0.25) is 0 Å². The van der Waals surface area contributed by atoms with Crippen molar-refractivity contribution in [1.82, 2.24) is 0 Å². The highest BCUT2D eigenvalue weighted by Gasteiger charge is 2.43. The first-order valence-corrected chi connectivity index (χ1v) is 12.3. The maximum Gasteiger partial charge on any atom is 0.490 e. The Balaban J connectivity index is 1.79. The van der Waals surface area contributed by atoms with Crippen LogP contribution in [0.4, 0.5) is 0 Å². The van der Waals surface area contributed by atoms with Crippen LogP contribution < -0.4 is 5.46 Å². The molecule has 6 rings (SSSR count). The molecule has 0 unspecified atom stereocenters. The van der Waals surface area contributed by atoms with Gasteiger partial charge in [-0.1, -0.05) is 127 Å². The number of benzene rings is 5. The van der Waals surface area contributed by atoms with Crippen LogP contribution in [0.3, 0.4) is 0 Å². The van der Waals surface area contributed by atoms with Gasteiger partial charge in [0.05, 0.1) is 5.41 Å². The average molecular weight is 466 g/mol. The van der Waals surface area contributed by atoms with E-state index >= 15 is 0 Å². The largest absolute Gasteiger partial charge is 0.490 e. The second kappa shape index (κ2) is 8.94. The lowest BCUT2D eigenvalue weighted by atomic mass is 9.63. The van der Waals surface area contributed by atoms with Gasteiger partial charge in [-0.25, -0.2) is 0 Å².